The lowest BCUT2D eigenvalue weighted by Gasteiger charge is -2.33. The van der Waals surface area contributed by atoms with Crippen LogP contribution in [0.15, 0.2) is 83.8 Å². The van der Waals surface area contributed by atoms with Gasteiger partial charge in [-0.2, -0.15) is 18.4 Å². The number of rotatable bonds is 11. The van der Waals surface area contributed by atoms with E-state index in [4.69, 9.17) is 18.6 Å². The van der Waals surface area contributed by atoms with Crippen molar-refractivity contribution in [2.75, 3.05) is 31.1 Å². The van der Waals surface area contributed by atoms with Crippen molar-refractivity contribution in [1.82, 2.24) is 14.9 Å². The first-order valence-electron chi connectivity index (χ1n) is 18.2. The molecule has 0 N–H and O–H groups in total. The van der Waals surface area contributed by atoms with Gasteiger partial charge in [0.25, 0.3) is 0 Å². The minimum absolute atomic E-state index is 0.00343. The summed E-state index contributed by atoms with van der Waals surface area (Å²) in [7, 11) is -4.25. The van der Waals surface area contributed by atoms with Crippen LogP contribution in [-0.4, -0.2) is 61.2 Å². The van der Waals surface area contributed by atoms with Crippen molar-refractivity contribution in [1.29, 1.82) is 0 Å². The first kappa shape index (κ1) is 35.2. The lowest BCUT2D eigenvalue weighted by atomic mass is 9.95. The predicted octanol–water partition coefficient (Wildman–Crippen LogP) is 7.50. The Balaban J connectivity index is 1.17. The van der Waals surface area contributed by atoms with E-state index in [1.807, 2.05) is 56.3 Å². The Kier molecular flexibility index (Phi) is 9.44. The highest BCUT2D eigenvalue weighted by atomic mass is 32.2. The molecular weight excluding hydrogens is 699 g/mol. The van der Waals surface area contributed by atoms with Crippen molar-refractivity contribution >= 4 is 26.6 Å². The molecule has 2 atom stereocenters. The van der Waals surface area contributed by atoms with Gasteiger partial charge in [-0.25, -0.2) is 8.78 Å². The van der Waals surface area contributed by atoms with Gasteiger partial charge in [0, 0.05) is 42.2 Å². The molecule has 2 fully saturated rings. The van der Waals surface area contributed by atoms with Crippen molar-refractivity contribution in [3.8, 4) is 17.6 Å². The summed E-state index contributed by atoms with van der Waals surface area (Å²) in [6.45, 7) is 6.21. The summed E-state index contributed by atoms with van der Waals surface area (Å²) in [5.41, 5.74) is 3.94. The maximum Gasteiger partial charge on any atom is 0.340 e. The molecule has 5 aromatic rings. The van der Waals surface area contributed by atoms with Crippen LogP contribution in [0.1, 0.15) is 54.1 Å². The topological polar surface area (TPSA) is 94.1 Å². The number of benzene rings is 4. The number of anilines is 1. The highest BCUT2D eigenvalue weighted by Crippen LogP contribution is 2.42. The standard InChI is InChI=1S/C41H42F2N4O5S/c1-3-33-35(43)15-12-29-20-31(50-25-28-8-5-4-6-9-28)21-37(38(29)33)46-19-16-34-36(24-46)44-40(51-26-41-17-7-18-47(41)23-30(42)22-41)45-39(34)52-53(48,49)32-13-10-27(2)11-14-32/h4-6,8-15,20-21,30H,3,7,16-19,22-26H2,1-2H3/t30-,41?/m1/s1. The van der Waals surface area contributed by atoms with E-state index in [0.29, 0.717) is 61.5 Å². The molecule has 0 amide bonds. The van der Waals surface area contributed by atoms with Gasteiger partial charge in [0.2, 0.25) is 5.88 Å². The maximum atomic E-state index is 15.3. The van der Waals surface area contributed by atoms with Gasteiger partial charge in [0.15, 0.2) is 0 Å². The molecule has 276 valence electrons. The number of alkyl halides is 1. The van der Waals surface area contributed by atoms with E-state index in [1.54, 1.807) is 18.2 Å². The average Bonchev–Trinajstić information content (AvgIpc) is 3.68. The zero-order chi connectivity index (χ0) is 36.7. The van der Waals surface area contributed by atoms with E-state index in [-0.39, 0.29) is 35.8 Å². The number of aryl methyl sites for hydroxylation is 2. The Morgan fingerprint density at radius 3 is 2.58 bits per heavy atom. The molecule has 2 saturated heterocycles. The third kappa shape index (κ3) is 7.02. The van der Waals surface area contributed by atoms with Crippen LogP contribution in [0.4, 0.5) is 14.5 Å². The zero-order valence-electron chi connectivity index (χ0n) is 29.9. The van der Waals surface area contributed by atoms with E-state index < -0.39 is 21.8 Å². The molecule has 8 rings (SSSR count). The highest BCUT2D eigenvalue weighted by Gasteiger charge is 2.49. The highest BCUT2D eigenvalue weighted by molar-refractivity contribution is 7.87. The van der Waals surface area contributed by atoms with Gasteiger partial charge >= 0.3 is 16.1 Å². The van der Waals surface area contributed by atoms with Gasteiger partial charge in [0.1, 0.15) is 35.8 Å². The number of fused-ring (bicyclic) bond motifs is 3. The van der Waals surface area contributed by atoms with Crippen molar-refractivity contribution in [3.63, 3.8) is 0 Å². The maximum absolute atomic E-state index is 15.3. The lowest BCUT2D eigenvalue weighted by Crippen LogP contribution is -2.43. The minimum Gasteiger partial charge on any atom is -0.489 e. The van der Waals surface area contributed by atoms with E-state index >= 15 is 4.39 Å². The molecule has 3 aliphatic rings. The van der Waals surface area contributed by atoms with Gasteiger partial charge in [-0.3, -0.25) is 4.90 Å². The van der Waals surface area contributed by atoms with Crippen LogP contribution in [0.2, 0.25) is 0 Å². The number of hydrogen-bond acceptors (Lipinski definition) is 9. The summed E-state index contributed by atoms with van der Waals surface area (Å²) in [5.74, 6) is 0.263. The quantitative estimate of drug-likeness (QED) is 0.128. The Morgan fingerprint density at radius 2 is 1.79 bits per heavy atom. The van der Waals surface area contributed by atoms with Crippen LogP contribution in [0.5, 0.6) is 17.6 Å². The number of halogens is 2. The average molecular weight is 741 g/mol. The fraction of sp³-hybridized carbons (Fsp3) is 0.366. The van der Waals surface area contributed by atoms with Gasteiger partial charge in [-0.05, 0) is 79.9 Å². The summed E-state index contributed by atoms with van der Waals surface area (Å²) in [6, 6.07) is 23.4. The second kappa shape index (κ2) is 14.2. The summed E-state index contributed by atoms with van der Waals surface area (Å²) in [6.07, 6.45) is 2.01. The number of ether oxygens (including phenoxy) is 2. The summed E-state index contributed by atoms with van der Waals surface area (Å²) in [4.78, 5) is 13.6. The molecule has 0 bridgehead atoms. The third-order valence-electron chi connectivity index (χ3n) is 10.8. The van der Waals surface area contributed by atoms with E-state index in [0.717, 1.165) is 47.0 Å². The first-order valence-corrected chi connectivity index (χ1v) is 19.6. The SMILES string of the molecule is CCc1c(F)ccc2cc(OCc3ccccc3)cc(N3CCc4c(nc(OCC56CCCN5C[C@H](F)C6)nc4OS(=O)(=O)c4ccc(C)cc4)C3)c12. The molecular formula is C41H42F2N4O5S. The second-order valence-corrected chi connectivity index (χ2v) is 15.9. The molecule has 0 spiro atoms. The van der Waals surface area contributed by atoms with Crippen LogP contribution in [0.3, 0.4) is 0 Å². The number of aromatic nitrogens is 2. The van der Waals surface area contributed by atoms with Gasteiger partial charge < -0.3 is 18.6 Å². The van der Waals surface area contributed by atoms with Crippen LogP contribution in [0.25, 0.3) is 10.8 Å². The Bertz CT molecular complexity index is 2260. The number of nitrogens with zero attached hydrogens (tertiary/aromatic N) is 4. The predicted molar refractivity (Wildman–Crippen MR) is 198 cm³/mol. The van der Waals surface area contributed by atoms with Crippen molar-refractivity contribution < 1.29 is 30.9 Å². The van der Waals surface area contributed by atoms with Crippen LogP contribution < -0.4 is 18.6 Å². The van der Waals surface area contributed by atoms with Crippen LogP contribution in [0, 0.1) is 12.7 Å². The van der Waals surface area contributed by atoms with E-state index in [2.05, 4.69) is 14.8 Å². The van der Waals surface area contributed by atoms with Crippen LogP contribution >= 0.6 is 0 Å². The smallest absolute Gasteiger partial charge is 0.340 e. The second-order valence-electron chi connectivity index (χ2n) is 14.3. The fourth-order valence-corrected chi connectivity index (χ4v) is 9.01. The van der Waals surface area contributed by atoms with Crippen molar-refractivity contribution in [2.24, 2.45) is 0 Å². The monoisotopic (exact) mass is 740 g/mol. The molecule has 4 heterocycles. The summed E-state index contributed by atoms with van der Waals surface area (Å²) < 4.78 is 75.4. The largest absolute Gasteiger partial charge is 0.489 e. The molecule has 3 aliphatic heterocycles. The Hall–Kier alpha value is -4.81. The lowest BCUT2D eigenvalue weighted by molar-refractivity contribution is 0.106. The molecule has 0 saturated carbocycles. The molecule has 0 aliphatic carbocycles. The normalized spacial score (nSPS) is 20.0. The third-order valence-corrected chi connectivity index (χ3v) is 12.0. The van der Waals surface area contributed by atoms with Gasteiger partial charge in [-0.15, -0.1) is 0 Å². The van der Waals surface area contributed by atoms with Crippen molar-refractivity contribution in [2.45, 2.75) is 75.7 Å². The fourth-order valence-electron chi connectivity index (χ4n) is 8.10. The van der Waals surface area contributed by atoms with E-state index in [9.17, 15) is 12.8 Å². The molecule has 1 unspecified atom stereocenters. The summed E-state index contributed by atoms with van der Waals surface area (Å²) in [5, 5.41) is 1.63. The first-order chi connectivity index (χ1) is 25.6. The molecule has 4 aromatic carbocycles. The molecule has 1 aromatic heterocycles. The van der Waals surface area contributed by atoms with Gasteiger partial charge in [-0.1, -0.05) is 61.0 Å². The van der Waals surface area contributed by atoms with Crippen molar-refractivity contribution in [3.05, 3.63) is 113 Å². The zero-order valence-corrected chi connectivity index (χ0v) is 30.7. The van der Waals surface area contributed by atoms with Crippen LogP contribution in [-0.2, 0) is 36.1 Å². The van der Waals surface area contributed by atoms with E-state index in [1.165, 1.54) is 18.2 Å². The summed E-state index contributed by atoms with van der Waals surface area (Å²) >= 11 is 0. The minimum atomic E-state index is -4.25. The molecule has 12 heteroatoms. The molecule has 9 nitrogen and oxygen atoms in total. The Labute approximate surface area is 308 Å². The molecule has 0 radical (unpaired) electrons. The van der Waals surface area contributed by atoms with Gasteiger partial charge in [0.05, 0.1) is 17.8 Å². The number of hydrogen-bond donors (Lipinski definition) is 0. The Morgan fingerprint density at radius 1 is 0.981 bits per heavy atom. The molecule has 53 heavy (non-hydrogen) atoms.